The zero-order chi connectivity index (χ0) is 14.7. The number of hydrogen-bond acceptors (Lipinski definition) is 4. The Kier molecular flexibility index (Phi) is 4.94. The highest BCUT2D eigenvalue weighted by molar-refractivity contribution is 7.93. The number of sulfonamides is 2. The van der Waals surface area contributed by atoms with Gasteiger partial charge in [-0.15, -0.1) is 0 Å². The number of nitrogens with one attached hydrogen (secondary N) is 2. The van der Waals surface area contributed by atoms with Crippen molar-refractivity contribution in [2.45, 2.75) is 30.9 Å². The van der Waals surface area contributed by atoms with Crippen LogP contribution >= 0.6 is 0 Å². The number of hydrogen-bond donors (Lipinski definition) is 2. The second kappa shape index (κ2) is 5.89. The Morgan fingerprint density at radius 2 is 1.68 bits per heavy atom. The largest absolute Gasteiger partial charge is 0.282 e. The van der Waals surface area contributed by atoms with Gasteiger partial charge in [0.05, 0.1) is 10.9 Å². The summed E-state index contributed by atoms with van der Waals surface area (Å²) in [7, 11) is -7.31. The van der Waals surface area contributed by atoms with Crippen LogP contribution < -0.4 is 9.44 Å². The average molecular weight is 306 g/mol. The average Bonchev–Trinajstić information content (AvgIpc) is 2.28. The molecule has 0 amide bonds. The van der Waals surface area contributed by atoms with Gasteiger partial charge < -0.3 is 0 Å². The fraction of sp³-hybridized carbons (Fsp3) is 0.455. The summed E-state index contributed by atoms with van der Waals surface area (Å²) in [6.45, 7) is 4.92. The molecule has 0 aliphatic carbocycles. The molecule has 8 heteroatoms. The molecule has 0 aliphatic heterocycles. The van der Waals surface area contributed by atoms with Gasteiger partial charge in [-0.3, -0.25) is 4.72 Å². The third-order valence-corrected chi connectivity index (χ3v) is 5.73. The highest BCUT2D eigenvalue weighted by Crippen LogP contribution is 2.22. The Morgan fingerprint density at radius 1 is 1.11 bits per heavy atom. The van der Waals surface area contributed by atoms with Crippen LogP contribution in [0.1, 0.15) is 20.8 Å². The van der Waals surface area contributed by atoms with Gasteiger partial charge in [-0.05, 0) is 26.0 Å². The van der Waals surface area contributed by atoms with E-state index < -0.39 is 25.3 Å². The van der Waals surface area contributed by atoms with E-state index in [4.69, 9.17) is 0 Å². The van der Waals surface area contributed by atoms with Gasteiger partial charge in [-0.2, -0.15) is 0 Å². The Bertz CT molecular complexity index is 636. The van der Waals surface area contributed by atoms with Gasteiger partial charge in [0, 0.05) is 6.54 Å². The highest BCUT2D eigenvalue weighted by Gasteiger charge is 2.22. The molecule has 108 valence electrons. The molecule has 0 heterocycles. The molecule has 2 N–H and O–H groups in total. The SMILES string of the molecule is CCNS(=O)(=O)c1ccccc1NS(=O)(=O)C(C)C. The van der Waals surface area contributed by atoms with E-state index in [9.17, 15) is 16.8 Å². The summed E-state index contributed by atoms with van der Waals surface area (Å²) in [5.74, 6) is 0. The van der Waals surface area contributed by atoms with Crippen molar-refractivity contribution < 1.29 is 16.8 Å². The predicted octanol–water partition coefficient (Wildman–Crippen LogP) is 1.13. The van der Waals surface area contributed by atoms with Crippen molar-refractivity contribution >= 4 is 25.7 Å². The lowest BCUT2D eigenvalue weighted by Gasteiger charge is -2.14. The zero-order valence-electron chi connectivity index (χ0n) is 11.0. The van der Waals surface area contributed by atoms with E-state index in [0.29, 0.717) is 0 Å². The van der Waals surface area contributed by atoms with E-state index in [0.717, 1.165) is 0 Å². The van der Waals surface area contributed by atoms with Crippen molar-refractivity contribution in [2.75, 3.05) is 11.3 Å². The lowest BCUT2D eigenvalue weighted by atomic mass is 10.3. The molecule has 0 atom stereocenters. The second-order valence-corrected chi connectivity index (χ2v) is 8.17. The van der Waals surface area contributed by atoms with Gasteiger partial charge in [-0.25, -0.2) is 21.6 Å². The lowest BCUT2D eigenvalue weighted by molar-refractivity contribution is 0.584. The van der Waals surface area contributed by atoms with Crippen LogP contribution in [-0.2, 0) is 20.0 Å². The fourth-order valence-corrected chi connectivity index (χ4v) is 3.31. The van der Waals surface area contributed by atoms with E-state index in [2.05, 4.69) is 9.44 Å². The molecule has 0 radical (unpaired) electrons. The monoisotopic (exact) mass is 306 g/mol. The lowest BCUT2D eigenvalue weighted by Crippen LogP contribution is -2.27. The van der Waals surface area contributed by atoms with Crippen LogP contribution in [0.25, 0.3) is 0 Å². The Hall–Kier alpha value is -1.12. The van der Waals surface area contributed by atoms with Crippen molar-refractivity contribution in [1.29, 1.82) is 0 Å². The molecule has 1 aromatic rings. The molecule has 1 aromatic carbocycles. The summed E-state index contributed by atoms with van der Waals surface area (Å²) < 4.78 is 52.2. The van der Waals surface area contributed by atoms with Crippen LogP contribution in [0.5, 0.6) is 0 Å². The quantitative estimate of drug-likeness (QED) is 0.824. The van der Waals surface area contributed by atoms with Crippen molar-refractivity contribution in [3.8, 4) is 0 Å². The normalized spacial score (nSPS) is 12.6. The molecule has 0 aromatic heterocycles. The van der Waals surface area contributed by atoms with Crippen molar-refractivity contribution in [3.63, 3.8) is 0 Å². The minimum atomic E-state index is -3.72. The summed E-state index contributed by atoms with van der Waals surface area (Å²) in [6.07, 6.45) is 0. The van der Waals surface area contributed by atoms with Crippen LogP contribution in [0, 0.1) is 0 Å². The van der Waals surface area contributed by atoms with Gasteiger partial charge in [-0.1, -0.05) is 19.1 Å². The third-order valence-electron chi connectivity index (χ3n) is 2.38. The first kappa shape index (κ1) is 15.9. The standard InChI is InChI=1S/C11H18N2O4S2/c1-4-12-19(16,17)11-8-6-5-7-10(11)13-18(14,15)9(2)3/h5-9,12-13H,4H2,1-3H3. The van der Waals surface area contributed by atoms with E-state index in [1.807, 2.05) is 0 Å². The number of anilines is 1. The molecule has 1 rings (SSSR count). The molecule has 0 saturated carbocycles. The van der Waals surface area contributed by atoms with Gasteiger partial charge in [0.25, 0.3) is 0 Å². The Morgan fingerprint density at radius 3 is 2.21 bits per heavy atom. The molecule has 0 fully saturated rings. The van der Waals surface area contributed by atoms with Crippen LogP contribution in [0.4, 0.5) is 5.69 Å². The zero-order valence-corrected chi connectivity index (χ0v) is 12.7. The topological polar surface area (TPSA) is 92.3 Å². The van der Waals surface area contributed by atoms with Crippen molar-refractivity contribution in [2.24, 2.45) is 0 Å². The summed E-state index contributed by atoms with van der Waals surface area (Å²) in [5.41, 5.74) is 0.0529. The van der Waals surface area contributed by atoms with Crippen molar-refractivity contribution in [3.05, 3.63) is 24.3 Å². The maximum absolute atomic E-state index is 12.0. The van der Waals surface area contributed by atoms with Crippen molar-refractivity contribution in [1.82, 2.24) is 4.72 Å². The number of para-hydroxylation sites is 1. The minimum absolute atomic E-state index is 0.0529. The number of rotatable bonds is 6. The highest BCUT2D eigenvalue weighted by atomic mass is 32.2. The van der Waals surface area contributed by atoms with Gasteiger partial charge in [0.1, 0.15) is 4.90 Å². The number of benzene rings is 1. The molecule has 0 aliphatic rings. The first-order valence-corrected chi connectivity index (χ1v) is 8.84. The van der Waals surface area contributed by atoms with Gasteiger partial charge >= 0.3 is 0 Å². The maximum Gasteiger partial charge on any atom is 0.242 e. The van der Waals surface area contributed by atoms with E-state index in [-0.39, 0.29) is 17.1 Å². The Labute approximate surface area is 114 Å². The molecule has 0 saturated heterocycles. The van der Waals surface area contributed by atoms with Gasteiger partial charge in [0.15, 0.2) is 0 Å². The van der Waals surface area contributed by atoms with Crippen LogP contribution in [0.2, 0.25) is 0 Å². The Balaban J connectivity index is 3.25. The molecule has 19 heavy (non-hydrogen) atoms. The molecule has 0 unspecified atom stereocenters. The molecule has 0 spiro atoms. The smallest absolute Gasteiger partial charge is 0.242 e. The molecule has 6 nitrogen and oxygen atoms in total. The predicted molar refractivity (Wildman–Crippen MR) is 75.0 cm³/mol. The molecule has 0 bridgehead atoms. The van der Waals surface area contributed by atoms with E-state index in [1.54, 1.807) is 13.0 Å². The first-order chi connectivity index (χ1) is 8.70. The summed E-state index contributed by atoms with van der Waals surface area (Å²) in [6, 6.07) is 5.89. The summed E-state index contributed by atoms with van der Waals surface area (Å²) in [4.78, 5) is -0.0823. The van der Waals surface area contributed by atoms with E-state index in [1.165, 1.54) is 32.0 Å². The minimum Gasteiger partial charge on any atom is -0.282 e. The fourth-order valence-electron chi connectivity index (χ4n) is 1.32. The maximum atomic E-state index is 12.0. The first-order valence-electron chi connectivity index (χ1n) is 5.81. The molecular weight excluding hydrogens is 288 g/mol. The van der Waals surface area contributed by atoms with Gasteiger partial charge in [0.2, 0.25) is 20.0 Å². The summed E-state index contributed by atoms with van der Waals surface area (Å²) >= 11 is 0. The van der Waals surface area contributed by atoms with E-state index >= 15 is 0 Å². The summed E-state index contributed by atoms with van der Waals surface area (Å²) in [5, 5.41) is -0.651. The molecular formula is C11H18N2O4S2. The van der Waals surface area contributed by atoms with Crippen LogP contribution in [0.15, 0.2) is 29.2 Å². The third kappa shape index (κ3) is 3.92. The van der Waals surface area contributed by atoms with Crippen LogP contribution in [0.3, 0.4) is 0 Å². The second-order valence-electron chi connectivity index (χ2n) is 4.19. The van der Waals surface area contributed by atoms with Crippen LogP contribution in [-0.4, -0.2) is 28.6 Å².